The van der Waals surface area contributed by atoms with E-state index in [-0.39, 0.29) is 11.8 Å². The van der Waals surface area contributed by atoms with Crippen LogP contribution in [0.5, 0.6) is 0 Å². The number of aryl methyl sites for hydroxylation is 1. The number of carbonyl (C=O) groups is 1. The number of anilines is 1. The van der Waals surface area contributed by atoms with Gasteiger partial charge < -0.3 is 9.88 Å². The minimum atomic E-state index is -3.52. The number of piperidine rings is 1. The second-order valence-corrected chi connectivity index (χ2v) is 10.4. The second-order valence-electron chi connectivity index (χ2n) is 8.47. The molecule has 5 rings (SSSR count). The van der Waals surface area contributed by atoms with Crippen LogP contribution in [0.4, 0.5) is 5.69 Å². The molecule has 0 atom stereocenters. The van der Waals surface area contributed by atoms with Crippen LogP contribution in [0.1, 0.15) is 19.8 Å². The van der Waals surface area contributed by atoms with Crippen LogP contribution in [0.2, 0.25) is 0 Å². The van der Waals surface area contributed by atoms with Gasteiger partial charge in [-0.15, -0.1) is 0 Å². The van der Waals surface area contributed by atoms with Crippen LogP contribution >= 0.6 is 0 Å². The van der Waals surface area contributed by atoms with E-state index in [4.69, 9.17) is 0 Å². The highest BCUT2D eigenvalue weighted by Gasteiger charge is 2.32. The molecule has 0 aliphatic carbocycles. The largest absolute Gasteiger partial charge is 0.341 e. The summed E-state index contributed by atoms with van der Waals surface area (Å²) in [5.74, 6) is -0.259. The molecule has 0 bridgehead atoms. The number of fused-ring (bicyclic) bond motifs is 3. The number of benzene rings is 3. The summed E-state index contributed by atoms with van der Waals surface area (Å²) < 4.78 is 29.4. The first-order chi connectivity index (χ1) is 16.0. The van der Waals surface area contributed by atoms with Gasteiger partial charge in [-0.05, 0) is 56.2 Å². The zero-order valence-corrected chi connectivity index (χ0v) is 19.4. The molecule has 4 aromatic rings. The SMILES string of the molecule is CCn1c2ccccc2c2cc(NC(=O)C3CCN(S(=O)(=O)c4ccccc4)CC3)ccc21. The Balaban J connectivity index is 1.30. The summed E-state index contributed by atoms with van der Waals surface area (Å²) in [4.78, 5) is 13.3. The van der Waals surface area contributed by atoms with Crippen LogP contribution in [-0.4, -0.2) is 36.3 Å². The molecule has 1 N–H and O–H groups in total. The summed E-state index contributed by atoms with van der Waals surface area (Å²) in [6.45, 7) is 3.70. The Bertz CT molecular complexity index is 1420. The number of nitrogens with zero attached hydrogens (tertiary/aromatic N) is 2. The Morgan fingerprint density at radius 1 is 0.909 bits per heavy atom. The van der Waals surface area contributed by atoms with Crippen molar-refractivity contribution >= 4 is 43.4 Å². The molecule has 6 nitrogen and oxygen atoms in total. The third kappa shape index (κ3) is 3.92. The Morgan fingerprint density at radius 2 is 1.58 bits per heavy atom. The summed E-state index contributed by atoms with van der Waals surface area (Å²) in [7, 11) is -3.52. The number of hydrogen-bond acceptors (Lipinski definition) is 3. The van der Waals surface area contributed by atoms with Gasteiger partial charge in [0.1, 0.15) is 0 Å². The third-order valence-corrected chi connectivity index (χ3v) is 8.47. The lowest BCUT2D eigenvalue weighted by atomic mass is 9.97. The summed E-state index contributed by atoms with van der Waals surface area (Å²) in [6, 6.07) is 22.8. The first kappa shape index (κ1) is 21.7. The highest BCUT2D eigenvalue weighted by Crippen LogP contribution is 2.31. The van der Waals surface area contributed by atoms with Gasteiger partial charge in [-0.2, -0.15) is 4.31 Å². The van der Waals surface area contributed by atoms with Crippen molar-refractivity contribution in [1.82, 2.24) is 8.87 Å². The zero-order chi connectivity index (χ0) is 23.0. The third-order valence-electron chi connectivity index (χ3n) is 6.56. The van der Waals surface area contributed by atoms with Gasteiger partial charge in [0.05, 0.1) is 4.90 Å². The fourth-order valence-corrected chi connectivity index (χ4v) is 6.31. The van der Waals surface area contributed by atoms with Crippen LogP contribution in [-0.2, 0) is 21.4 Å². The number of amides is 1. The monoisotopic (exact) mass is 461 g/mol. The number of carbonyl (C=O) groups excluding carboxylic acids is 1. The molecular weight excluding hydrogens is 434 g/mol. The minimum absolute atomic E-state index is 0.0506. The van der Waals surface area contributed by atoms with E-state index in [0.717, 1.165) is 23.1 Å². The van der Waals surface area contributed by atoms with E-state index in [2.05, 4.69) is 35.0 Å². The Labute approximate surface area is 193 Å². The molecule has 0 radical (unpaired) electrons. The average Bonchev–Trinajstić information content (AvgIpc) is 3.17. The first-order valence-corrected chi connectivity index (χ1v) is 12.8. The fraction of sp³-hybridized carbons (Fsp3) is 0.269. The maximum Gasteiger partial charge on any atom is 0.243 e. The highest BCUT2D eigenvalue weighted by molar-refractivity contribution is 7.89. The lowest BCUT2D eigenvalue weighted by Gasteiger charge is -2.30. The van der Waals surface area contributed by atoms with E-state index in [1.54, 1.807) is 30.3 Å². The van der Waals surface area contributed by atoms with Gasteiger partial charge in [0.25, 0.3) is 0 Å². The standard InChI is InChI=1S/C26H27N3O3S/c1-2-29-24-11-7-6-10-22(24)23-18-20(12-13-25(23)29)27-26(30)19-14-16-28(17-15-19)33(31,32)21-8-4-3-5-9-21/h3-13,18-19H,2,14-17H2,1H3,(H,27,30). The second kappa shape index (κ2) is 8.65. The van der Waals surface area contributed by atoms with Crippen molar-refractivity contribution in [2.45, 2.75) is 31.2 Å². The van der Waals surface area contributed by atoms with Gasteiger partial charge in [-0.1, -0.05) is 36.4 Å². The van der Waals surface area contributed by atoms with Crippen molar-refractivity contribution in [2.75, 3.05) is 18.4 Å². The molecule has 1 fully saturated rings. The maximum absolute atomic E-state index is 13.0. The molecule has 1 saturated heterocycles. The molecule has 1 aliphatic rings. The smallest absolute Gasteiger partial charge is 0.243 e. The van der Waals surface area contributed by atoms with E-state index in [1.807, 2.05) is 24.3 Å². The van der Waals surface area contributed by atoms with E-state index in [1.165, 1.54) is 15.2 Å². The van der Waals surface area contributed by atoms with E-state index in [9.17, 15) is 13.2 Å². The van der Waals surface area contributed by atoms with Crippen molar-refractivity contribution in [2.24, 2.45) is 5.92 Å². The van der Waals surface area contributed by atoms with Gasteiger partial charge >= 0.3 is 0 Å². The normalized spacial score (nSPS) is 15.8. The summed E-state index contributed by atoms with van der Waals surface area (Å²) in [5.41, 5.74) is 3.10. The molecule has 33 heavy (non-hydrogen) atoms. The number of sulfonamides is 1. The van der Waals surface area contributed by atoms with Crippen molar-refractivity contribution < 1.29 is 13.2 Å². The molecule has 0 unspecified atom stereocenters. The Kier molecular flexibility index (Phi) is 5.68. The van der Waals surface area contributed by atoms with Crippen LogP contribution in [0.15, 0.2) is 77.7 Å². The molecule has 1 amide bonds. The Hall–Kier alpha value is -3.16. The number of para-hydroxylation sites is 1. The quantitative estimate of drug-likeness (QED) is 0.462. The van der Waals surface area contributed by atoms with Crippen molar-refractivity contribution in [3.8, 4) is 0 Å². The summed E-state index contributed by atoms with van der Waals surface area (Å²) in [5, 5.41) is 5.36. The number of hydrogen-bond donors (Lipinski definition) is 1. The fourth-order valence-electron chi connectivity index (χ4n) is 4.82. The molecule has 2 heterocycles. The van der Waals surface area contributed by atoms with E-state index in [0.29, 0.717) is 30.8 Å². The van der Waals surface area contributed by atoms with Crippen molar-refractivity contribution in [3.05, 3.63) is 72.8 Å². The van der Waals surface area contributed by atoms with Crippen molar-refractivity contribution in [1.29, 1.82) is 0 Å². The summed E-state index contributed by atoms with van der Waals surface area (Å²) in [6.07, 6.45) is 1.02. The molecule has 1 aromatic heterocycles. The zero-order valence-electron chi connectivity index (χ0n) is 18.6. The first-order valence-electron chi connectivity index (χ1n) is 11.4. The highest BCUT2D eigenvalue weighted by atomic mass is 32.2. The molecule has 7 heteroatoms. The predicted octanol–water partition coefficient (Wildman–Crippen LogP) is 4.85. The maximum atomic E-state index is 13.0. The molecule has 1 aliphatic heterocycles. The lowest BCUT2D eigenvalue weighted by molar-refractivity contribution is -0.120. The number of rotatable bonds is 5. The predicted molar refractivity (Wildman–Crippen MR) is 132 cm³/mol. The van der Waals surface area contributed by atoms with Crippen LogP contribution in [0.25, 0.3) is 21.8 Å². The van der Waals surface area contributed by atoms with Crippen LogP contribution < -0.4 is 5.32 Å². The van der Waals surface area contributed by atoms with Gasteiger partial charge in [-0.25, -0.2) is 8.42 Å². The molecule has 170 valence electrons. The van der Waals surface area contributed by atoms with Gasteiger partial charge in [0.2, 0.25) is 15.9 Å². The Morgan fingerprint density at radius 3 is 2.30 bits per heavy atom. The molecular formula is C26H27N3O3S. The summed E-state index contributed by atoms with van der Waals surface area (Å²) >= 11 is 0. The van der Waals surface area contributed by atoms with Gasteiger partial charge in [0, 0.05) is 53.0 Å². The van der Waals surface area contributed by atoms with Crippen molar-refractivity contribution in [3.63, 3.8) is 0 Å². The van der Waals surface area contributed by atoms with Gasteiger partial charge in [0.15, 0.2) is 0 Å². The van der Waals surface area contributed by atoms with E-state index >= 15 is 0 Å². The topological polar surface area (TPSA) is 71.4 Å². The molecule has 3 aromatic carbocycles. The molecule has 0 saturated carbocycles. The molecule has 0 spiro atoms. The lowest BCUT2D eigenvalue weighted by Crippen LogP contribution is -2.41. The minimum Gasteiger partial charge on any atom is -0.341 e. The van der Waals surface area contributed by atoms with E-state index < -0.39 is 10.0 Å². The van der Waals surface area contributed by atoms with Gasteiger partial charge in [-0.3, -0.25) is 4.79 Å². The number of nitrogens with one attached hydrogen (secondary N) is 1. The number of aromatic nitrogens is 1. The average molecular weight is 462 g/mol. The van der Waals surface area contributed by atoms with Crippen LogP contribution in [0, 0.1) is 5.92 Å². The van der Waals surface area contributed by atoms with Crippen LogP contribution in [0.3, 0.4) is 0 Å².